The number of aromatic nitrogens is 3. The van der Waals surface area contributed by atoms with Crippen LogP contribution in [0.4, 0.5) is 5.95 Å². The van der Waals surface area contributed by atoms with Gasteiger partial charge in [0.15, 0.2) is 5.75 Å². The van der Waals surface area contributed by atoms with Gasteiger partial charge >= 0.3 is 5.97 Å². The lowest BCUT2D eigenvalue weighted by atomic mass is 10.5. The van der Waals surface area contributed by atoms with Gasteiger partial charge in [-0.15, -0.1) is 0 Å². The van der Waals surface area contributed by atoms with Crippen LogP contribution in [-0.4, -0.2) is 41.6 Å². The smallest absolute Gasteiger partial charge is 0.325 e. The molecular weight excluding hydrogens is 340 g/mol. The van der Waals surface area contributed by atoms with Crippen molar-refractivity contribution in [2.45, 2.75) is 0 Å². The van der Waals surface area contributed by atoms with Crippen LogP contribution in [0.25, 0.3) is 0 Å². The second kappa shape index (κ2) is 6.98. The van der Waals surface area contributed by atoms with E-state index in [1.807, 2.05) is 6.07 Å². The minimum atomic E-state index is -0.362. The van der Waals surface area contributed by atoms with Crippen molar-refractivity contribution in [1.82, 2.24) is 15.0 Å². The molecule has 0 aromatic carbocycles. The number of halogens is 1. The number of rotatable bonds is 5. The largest absolute Gasteiger partial charge is 0.468 e. The van der Waals surface area contributed by atoms with Gasteiger partial charge in [0, 0.05) is 13.2 Å². The molecule has 0 atom stereocenters. The highest BCUT2D eigenvalue weighted by atomic mass is 79.9. The summed E-state index contributed by atoms with van der Waals surface area (Å²) in [6.45, 7) is 0.0719. The van der Waals surface area contributed by atoms with Crippen LogP contribution in [-0.2, 0) is 9.53 Å². The molecule has 0 bridgehead atoms. The Bertz CT molecular complexity index is 621. The highest BCUT2D eigenvalue weighted by molar-refractivity contribution is 9.10. The lowest BCUT2D eigenvalue weighted by molar-refractivity contribution is -0.138. The van der Waals surface area contributed by atoms with Gasteiger partial charge in [0.2, 0.25) is 11.8 Å². The summed E-state index contributed by atoms with van der Waals surface area (Å²) in [6.07, 6.45) is 4.65. The number of nitrogens with zero attached hydrogens (tertiary/aromatic N) is 4. The highest BCUT2D eigenvalue weighted by Crippen LogP contribution is 2.26. The Morgan fingerprint density at radius 3 is 2.67 bits per heavy atom. The molecule has 0 fully saturated rings. The molecule has 0 saturated heterocycles. The van der Waals surface area contributed by atoms with Crippen LogP contribution in [0, 0.1) is 0 Å². The molecule has 0 aliphatic rings. The van der Waals surface area contributed by atoms with E-state index in [0.29, 0.717) is 17.6 Å². The Hall–Kier alpha value is -2.22. The van der Waals surface area contributed by atoms with Crippen molar-refractivity contribution in [1.29, 1.82) is 0 Å². The summed E-state index contributed by atoms with van der Waals surface area (Å²) >= 11 is 3.34. The molecule has 110 valence electrons. The van der Waals surface area contributed by atoms with E-state index in [9.17, 15) is 4.79 Å². The molecule has 0 radical (unpaired) electrons. The van der Waals surface area contributed by atoms with Crippen molar-refractivity contribution in [3.05, 3.63) is 35.2 Å². The maximum Gasteiger partial charge on any atom is 0.325 e. The van der Waals surface area contributed by atoms with E-state index >= 15 is 0 Å². The fraction of sp³-hybridized carbons (Fsp3) is 0.231. The molecule has 2 aromatic rings. The zero-order valence-corrected chi connectivity index (χ0v) is 13.1. The van der Waals surface area contributed by atoms with Crippen molar-refractivity contribution in [2.75, 3.05) is 25.6 Å². The Kier molecular flexibility index (Phi) is 5.04. The van der Waals surface area contributed by atoms with Gasteiger partial charge in [0.1, 0.15) is 6.54 Å². The van der Waals surface area contributed by atoms with Crippen LogP contribution >= 0.6 is 15.9 Å². The SMILES string of the molecule is COC(=O)CN(C)c1ncc(Oc2ncccc2Br)cn1. The molecule has 2 aromatic heterocycles. The fourth-order valence-corrected chi connectivity index (χ4v) is 1.78. The van der Waals surface area contributed by atoms with E-state index in [2.05, 4.69) is 35.6 Å². The maximum atomic E-state index is 11.2. The predicted octanol–water partition coefficient (Wildman–Crippen LogP) is 2.04. The van der Waals surface area contributed by atoms with Crippen molar-refractivity contribution >= 4 is 27.8 Å². The van der Waals surface area contributed by atoms with Crippen LogP contribution in [0.1, 0.15) is 0 Å². The van der Waals surface area contributed by atoms with Gasteiger partial charge in [0.05, 0.1) is 24.0 Å². The topological polar surface area (TPSA) is 77.4 Å². The van der Waals surface area contributed by atoms with Crippen LogP contribution in [0.2, 0.25) is 0 Å². The van der Waals surface area contributed by atoms with Gasteiger partial charge < -0.3 is 14.4 Å². The zero-order valence-electron chi connectivity index (χ0n) is 11.5. The second-order valence-electron chi connectivity index (χ2n) is 4.04. The molecule has 0 aliphatic carbocycles. The number of anilines is 1. The molecule has 2 heterocycles. The lowest BCUT2D eigenvalue weighted by Crippen LogP contribution is -2.27. The van der Waals surface area contributed by atoms with Crippen LogP contribution < -0.4 is 9.64 Å². The normalized spacial score (nSPS) is 10.0. The summed E-state index contributed by atoms with van der Waals surface area (Å²) in [7, 11) is 3.03. The molecule has 0 N–H and O–H groups in total. The Morgan fingerprint density at radius 2 is 2.05 bits per heavy atom. The monoisotopic (exact) mass is 352 g/mol. The molecule has 0 saturated carbocycles. The zero-order chi connectivity index (χ0) is 15.2. The minimum Gasteiger partial charge on any atom is -0.468 e. The maximum absolute atomic E-state index is 11.2. The summed E-state index contributed by atoms with van der Waals surface area (Å²) in [5.74, 6) is 0.910. The third-order valence-electron chi connectivity index (χ3n) is 2.49. The highest BCUT2D eigenvalue weighted by Gasteiger charge is 2.10. The van der Waals surface area contributed by atoms with Gasteiger partial charge in [-0.3, -0.25) is 4.79 Å². The number of carbonyl (C=O) groups excluding carboxylic acids is 1. The average molecular weight is 353 g/mol. The molecule has 8 heteroatoms. The van der Waals surface area contributed by atoms with E-state index < -0.39 is 0 Å². The third-order valence-corrected chi connectivity index (χ3v) is 3.09. The first kappa shape index (κ1) is 15.2. The van der Waals surface area contributed by atoms with Crippen LogP contribution in [0.3, 0.4) is 0 Å². The number of likely N-dealkylation sites (N-methyl/N-ethyl adjacent to an activating group) is 1. The Balaban J connectivity index is 2.05. The van der Waals surface area contributed by atoms with Gasteiger partial charge in [0.25, 0.3) is 0 Å². The summed E-state index contributed by atoms with van der Waals surface area (Å²) in [6, 6.07) is 3.61. The number of methoxy groups -OCH3 is 1. The van der Waals surface area contributed by atoms with E-state index in [4.69, 9.17) is 4.74 Å². The van der Waals surface area contributed by atoms with Crippen LogP contribution in [0.5, 0.6) is 11.6 Å². The number of hydrogen-bond acceptors (Lipinski definition) is 7. The van der Waals surface area contributed by atoms with E-state index in [-0.39, 0.29) is 12.5 Å². The molecule has 2 rings (SSSR count). The summed E-state index contributed by atoms with van der Waals surface area (Å²) in [4.78, 5) is 25.1. The second-order valence-corrected chi connectivity index (χ2v) is 4.90. The molecule has 7 nitrogen and oxygen atoms in total. The van der Waals surface area contributed by atoms with Crippen molar-refractivity contribution < 1.29 is 14.3 Å². The molecule has 0 spiro atoms. The summed E-state index contributed by atoms with van der Waals surface area (Å²) in [5, 5.41) is 0. The lowest BCUT2D eigenvalue weighted by Gasteiger charge is -2.15. The number of carbonyl (C=O) groups is 1. The van der Waals surface area contributed by atoms with Gasteiger partial charge in [-0.05, 0) is 28.1 Å². The first-order valence-electron chi connectivity index (χ1n) is 5.98. The molecule has 0 aliphatic heterocycles. The van der Waals surface area contributed by atoms with Gasteiger partial charge in [-0.25, -0.2) is 15.0 Å². The van der Waals surface area contributed by atoms with Gasteiger partial charge in [-0.1, -0.05) is 0 Å². The number of pyridine rings is 1. The fourth-order valence-electron chi connectivity index (χ4n) is 1.45. The number of hydrogen-bond donors (Lipinski definition) is 0. The molecule has 0 amide bonds. The summed E-state index contributed by atoms with van der Waals surface area (Å²) in [5.41, 5.74) is 0. The van der Waals surface area contributed by atoms with Crippen molar-refractivity contribution in [2.24, 2.45) is 0 Å². The molecule has 0 unspecified atom stereocenters. The Labute approximate surface area is 130 Å². The van der Waals surface area contributed by atoms with E-state index in [1.54, 1.807) is 24.2 Å². The van der Waals surface area contributed by atoms with Gasteiger partial charge in [-0.2, -0.15) is 0 Å². The number of ether oxygens (including phenoxy) is 2. The Morgan fingerprint density at radius 1 is 1.33 bits per heavy atom. The quantitative estimate of drug-likeness (QED) is 0.761. The minimum absolute atomic E-state index is 0.0719. The van der Waals surface area contributed by atoms with E-state index in [0.717, 1.165) is 4.47 Å². The molecule has 21 heavy (non-hydrogen) atoms. The van der Waals surface area contributed by atoms with Crippen LogP contribution in [0.15, 0.2) is 35.2 Å². The van der Waals surface area contributed by atoms with E-state index in [1.165, 1.54) is 19.5 Å². The average Bonchev–Trinajstić information content (AvgIpc) is 2.50. The predicted molar refractivity (Wildman–Crippen MR) is 79.3 cm³/mol. The number of esters is 1. The first-order chi connectivity index (χ1) is 10.1. The molecular formula is C13H13BrN4O3. The summed E-state index contributed by atoms with van der Waals surface area (Å²) < 4.78 is 10.9. The first-order valence-corrected chi connectivity index (χ1v) is 6.78. The third kappa shape index (κ3) is 4.12. The standard InChI is InChI=1S/C13H13BrN4O3/c1-18(8-11(19)20-2)13-16-6-9(7-17-13)21-12-10(14)4-3-5-15-12/h3-7H,8H2,1-2H3. The van der Waals surface area contributed by atoms with Crippen molar-refractivity contribution in [3.63, 3.8) is 0 Å². The van der Waals surface area contributed by atoms with Crippen molar-refractivity contribution in [3.8, 4) is 11.6 Å².